The Labute approximate surface area is 195 Å². The first-order chi connectivity index (χ1) is 15.5. The minimum absolute atomic E-state index is 0.0668. The van der Waals surface area contributed by atoms with Gasteiger partial charge in [0.2, 0.25) is 6.79 Å². The van der Waals surface area contributed by atoms with Crippen molar-refractivity contribution in [2.45, 2.75) is 9.10 Å². The van der Waals surface area contributed by atoms with Crippen LogP contribution in [0.3, 0.4) is 0 Å². The van der Waals surface area contributed by atoms with Gasteiger partial charge in [-0.3, -0.25) is 14.9 Å². The highest BCUT2D eigenvalue weighted by Crippen LogP contribution is 2.37. The van der Waals surface area contributed by atoms with Crippen LogP contribution < -0.4 is 19.7 Å². The predicted molar refractivity (Wildman–Crippen MR) is 121 cm³/mol. The van der Waals surface area contributed by atoms with Crippen molar-refractivity contribution in [3.8, 4) is 11.5 Å². The van der Waals surface area contributed by atoms with E-state index >= 15 is 0 Å². The quantitative estimate of drug-likeness (QED) is 0.416. The molecule has 1 N–H and O–H groups in total. The number of anilines is 1. The molecular formula is C22H13ClN2O5S2. The van der Waals surface area contributed by atoms with Gasteiger partial charge in [0.15, 0.2) is 11.5 Å². The van der Waals surface area contributed by atoms with Crippen molar-refractivity contribution in [2.24, 2.45) is 0 Å². The van der Waals surface area contributed by atoms with Crippen LogP contribution in [0.4, 0.5) is 10.5 Å². The number of carbonyl (C=O) groups is 3. The topological polar surface area (TPSA) is 84.9 Å². The van der Waals surface area contributed by atoms with Gasteiger partial charge < -0.3 is 9.47 Å². The molecule has 4 amide bonds. The minimum atomic E-state index is -0.818. The average Bonchev–Trinajstić information content (AvgIpc) is 3.41. The number of rotatable bonds is 4. The van der Waals surface area contributed by atoms with Crippen molar-refractivity contribution in [2.75, 3.05) is 11.7 Å². The molecule has 7 nitrogen and oxygen atoms in total. The Morgan fingerprint density at radius 3 is 2.59 bits per heavy atom. The monoisotopic (exact) mass is 484 g/mol. The molecule has 3 aromatic rings. The average molecular weight is 485 g/mol. The van der Waals surface area contributed by atoms with E-state index in [0.717, 1.165) is 14.0 Å². The zero-order valence-electron chi connectivity index (χ0n) is 16.2. The number of nitrogens with zero attached hydrogens (tertiary/aromatic N) is 1. The maximum Gasteiger partial charge on any atom is 0.335 e. The molecule has 5 rings (SSSR count). The number of benzene rings is 2. The van der Waals surface area contributed by atoms with Crippen LogP contribution in [0.2, 0.25) is 5.02 Å². The van der Waals surface area contributed by atoms with Gasteiger partial charge >= 0.3 is 6.03 Å². The lowest BCUT2D eigenvalue weighted by molar-refractivity contribution is -0.122. The molecule has 3 heterocycles. The molecule has 0 bridgehead atoms. The Morgan fingerprint density at radius 2 is 1.78 bits per heavy atom. The maximum absolute atomic E-state index is 13.1. The van der Waals surface area contributed by atoms with Crippen LogP contribution in [0, 0.1) is 0 Å². The van der Waals surface area contributed by atoms with Crippen LogP contribution in [0.25, 0.3) is 6.08 Å². The molecule has 10 heteroatoms. The molecule has 2 aliphatic rings. The number of ether oxygens (including phenoxy) is 2. The molecule has 160 valence electrons. The highest BCUT2D eigenvalue weighted by atomic mass is 35.5. The first-order valence-corrected chi connectivity index (χ1v) is 11.3. The number of fused-ring (bicyclic) bond motifs is 1. The second-order valence-electron chi connectivity index (χ2n) is 6.71. The Bertz CT molecular complexity index is 1290. The van der Waals surface area contributed by atoms with E-state index in [1.165, 1.54) is 23.5 Å². The van der Waals surface area contributed by atoms with E-state index in [9.17, 15) is 14.4 Å². The molecule has 0 spiro atoms. The SMILES string of the molecule is O=C1NC(=O)N(c2ccc3c(c2)OCO3)C(=O)/C1=C/c1ccc(Sc2ccc(Cl)cc2)s1. The molecule has 32 heavy (non-hydrogen) atoms. The van der Waals surface area contributed by atoms with Crippen LogP contribution >= 0.6 is 34.7 Å². The number of thiophene rings is 1. The summed E-state index contributed by atoms with van der Waals surface area (Å²) in [6.07, 6.45) is 1.49. The first kappa shape index (κ1) is 20.6. The van der Waals surface area contributed by atoms with Crippen molar-refractivity contribution in [3.05, 3.63) is 70.1 Å². The molecule has 2 aliphatic heterocycles. The minimum Gasteiger partial charge on any atom is -0.454 e. The van der Waals surface area contributed by atoms with Gasteiger partial charge in [-0.25, -0.2) is 9.69 Å². The third kappa shape index (κ3) is 3.97. The van der Waals surface area contributed by atoms with Crippen molar-refractivity contribution < 1.29 is 23.9 Å². The molecule has 2 aromatic carbocycles. The fourth-order valence-electron chi connectivity index (χ4n) is 3.14. The standard InChI is InChI=1S/C22H13ClN2O5S2/c23-12-1-4-14(5-2-12)31-19-8-6-15(32-19)10-16-20(26)24-22(28)25(21(16)27)13-3-7-17-18(9-13)30-11-29-17/h1-10H,11H2,(H,24,26,28)/b16-10+. The van der Waals surface area contributed by atoms with Crippen LogP contribution in [-0.4, -0.2) is 24.6 Å². The first-order valence-electron chi connectivity index (χ1n) is 9.32. The number of hydrogen-bond acceptors (Lipinski definition) is 7. The number of imide groups is 2. The van der Waals surface area contributed by atoms with Crippen molar-refractivity contribution in [3.63, 3.8) is 0 Å². The van der Waals surface area contributed by atoms with Gasteiger partial charge in [-0.15, -0.1) is 11.3 Å². The zero-order chi connectivity index (χ0) is 22.2. The second-order valence-corrected chi connectivity index (χ2v) is 9.63. The molecule has 0 unspecified atom stereocenters. The molecule has 0 atom stereocenters. The van der Waals surface area contributed by atoms with Crippen LogP contribution in [0.15, 0.2) is 69.3 Å². The summed E-state index contributed by atoms with van der Waals surface area (Å²) >= 11 is 8.89. The summed E-state index contributed by atoms with van der Waals surface area (Å²) in [4.78, 5) is 40.5. The van der Waals surface area contributed by atoms with E-state index in [-0.39, 0.29) is 18.1 Å². The molecule has 0 radical (unpaired) electrons. The van der Waals surface area contributed by atoms with E-state index in [1.807, 2.05) is 36.4 Å². The highest BCUT2D eigenvalue weighted by Gasteiger charge is 2.37. The second kappa shape index (κ2) is 8.34. The number of amides is 4. The van der Waals surface area contributed by atoms with E-state index in [1.54, 1.807) is 23.9 Å². The lowest BCUT2D eigenvalue weighted by atomic mass is 10.1. The van der Waals surface area contributed by atoms with Gasteiger partial charge in [0.25, 0.3) is 11.8 Å². The van der Waals surface area contributed by atoms with Gasteiger partial charge in [0.1, 0.15) is 5.57 Å². The molecule has 1 fully saturated rings. The van der Waals surface area contributed by atoms with Gasteiger partial charge in [0, 0.05) is 20.9 Å². The number of halogens is 1. The van der Waals surface area contributed by atoms with Crippen LogP contribution in [0.5, 0.6) is 11.5 Å². The number of urea groups is 1. The summed E-state index contributed by atoms with van der Waals surface area (Å²) in [6, 6.07) is 15.1. The lowest BCUT2D eigenvalue weighted by Gasteiger charge is -2.26. The lowest BCUT2D eigenvalue weighted by Crippen LogP contribution is -2.54. The molecule has 1 aromatic heterocycles. The Hall–Kier alpha value is -3.27. The summed E-state index contributed by atoms with van der Waals surface area (Å²) in [7, 11) is 0. The number of nitrogens with one attached hydrogen (secondary N) is 1. The Balaban J connectivity index is 1.41. The Morgan fingerprint density at radius 1 is 1.00 bits per heavy atom. The fraction of sp³-hybridized carbons (Fsp3) is 0.0455. The largest absolute Gasteiger partial charge is 0.454 e. The molecular weight excluding hydrogens is 472 g/mol. The summed E-state index contributed by atoms with van der Waals surface area (Å²) < 4.78 is 11.6. The molecule has 1 saturated heterocycles. The smallest absolute Gasteiger partial charge is 0.335 e. The van der Waals surface area contributed by atoms with Crippen molar-refractivity contribution >= 4 is 64.3 Å². The van der Waals surface area contributed by atoms with Gasteiger partial charge in [-0.1, -0.05) is 23.4 Å². The van der Waals surface area contributed by atoms with E-state index in [4.69, 9.17) is 21.1 Å². The van der Waals surface area contributed by atoms with Crippen LogP contribution in [-0.2, 0) is 9.59 Å². The number of hydrogen-bond donors (Lipinski definition) is 1. The molecule has 0 aliphatic carbocycles. The zero-order valence-corrected chi connectivity index (χ0v) is 18.6. The number of carbonyl (C=O) groups excluding carboxylic acids is 3. The summed E-state index contributed by atoms with van der Waals surface area (Å²) in [5.74, 6) is -0.502. The van der Waals surface area contributed by atoms with Crippen molar-refractivity contribution in [1.82, 2.24) is 5.32 Å². The highest BCUT2D eigenvalue weighted by molar-refractivity contribution is 8.01. The summed E-state index contributed by atoms with van der Waals surface area (Å²) in [6.45, 7) is 0.0668. The summed E-state index contributed by atoms with van der Waals surface area (Å²) in [5.41, 5.74) is 0.146. The van der Waals surface area contributed by atoms with Gasteiger partial charge in [-0.05, 0) is 54.6 Å². The number of barbiturate groups is 1. The van der Waals surface area contributed by atoms with Gasteiger partial charge in [0.05, 0.1) is 9.90 Å². The van der Waals surface area contributed by atoms with Crippen molar-refractivity contribution in [1.29, 1.82) is 0 Å². The Kier molecular flexibility index (Phi) is 5.38. The third-order valence-electron chi connectivity index (χ3n) is 4.64. The fourth-order valence-corrected chi connectivity index (χ4v) is 5.34. The van der Waals surface area contributed by atoms with E-state index in [0.29, 0.717) is 21.4 Å². The predicted octanol–water partition coefficient (Wildman–Crippen LogP) is 4.95. The van der Waals surface area contributed by atoms with E-state index < -0.39 is 17.8 Å². The van der Waals surface area contributed by atoms with E-state index in [2.05, 4.69) is 5.32 Å². The van der Waals surface area contributed by atoms with Crippen LogP contribution in [0.1, 0.15) is 4.88 Å². The maximum atomic E-state index is 13.1. The third-order valence-corrected chi connectivity index (χ3v) is 7.06. The van der Waals surface area contributed by atoms with Gasteiger partial charge in [-0.2, -0.15) is 0 Å². The normalized spacial score (nSPS) is 16.6. The summed E-state index contributed by atoms with van der Waals surface area (Å²) in [5, 5.41) is 2.88. The molecule has 0 saturated carbocycles.